The van der Waals surface area contributed by atoms with Gasteiger partial charge in [-0.3, -0.25) is 0 Å². The second-order valence-electron chi connectivity index (χ2n) is 7.88. The Morgan fingerprint density at radius 3 is 2.13 bits per heavy atom. The van der Waals surface area contributed by atoms with Gasteiger partial charge in [0.1, 0.15) is 4.90 Å². The minimum Gasteiger partial charge on any atom is -0.337 e. The normalized spacial score (nSPS) is 21.3. The summed E-state index contributed by atoms with van der Waals surface area (Å²) in [6.45, 7) is 10.3. The molecule has 0 saturated carbocycles. The molecule has 23 heavy (non-hydrogen) atoms. The highest BCUT2D eigenvalue weighted by molar-refractivity contribution is 7.89. The maximum absolute atomic E-state index is 12.8. The third-order valence-corrected chi connectivity index (χ3v) is 6.54. The van der Waals surface area contributed by atoms with Gasteiger partial charge in [-0.2, -0.15) is 0 Å². The fourth-order valence-corrected chi connectivity index (χ4v) is 5.79. The zero-order valence-electron chi connectivity index (χ0n) is 14.2. The van der Waals surface area contributed by atoms with Crippen LogP contribution in [0, 0.1) is 6.92 Å². The van der Waals surface area contributed by atoms with E-state index in [0.29, 0.717) is 10.6 Å². The van der Waals surface area contributed by atoms with Crippen LogP contribution in [0.5, 0.6) is 0 Å². The predicted molar refractivity (Wildman–Crippen MR) is 94.6 cm³/mol. The molecule has 0 unspecified atom stereocenters. The molecule has 0 amide bonds. The van der Waals surface area contributed by atoms with Crippen molar-refractivity contribution in [2.75, 3.05) is 0 Å². The van der Waals surface area contributed by atoms with E-state index in [4.69, 9.17) is 23.2 Å². The maximum atomic E-state index is 12.8. The minimum atomic E-state index is -3.68. The first-order chi connectivity index (χ1) is 10.3. The van der Waals surface area contributed by atoms with Gasteiger partial charge in [0.05, 0.1) is 16.1 Å². The Morgan fingerprint density at radius 1 is 1.09 bits per heavy atom. The van der Waals surface area contributed by atoms with Crippen LogP contribution in [0.2, 0.25) is 10.0 Å². The van der Waals surface area contributed by atoms with Crippen molar-refractivity contribution in [1.82, 2.24) is 4.72 Å². The Morgan fingerprint density at radius 2 is 1.61 bits per heavy atom. The summed E-state index contributed by atoms with van der Waals surface area (Å²) in [6, 6.07) is 2.88. The molecule has 3 N–H and O–H groups in total. The van der Waals surface area contributed by atoms with Crippen molar-refractivity contribution in [3.05, 3.63) is 27.7 Å². The van der Waals surface area contributed by atoms with Crippen LogP contribution in [0.25, 0.3) is 0 Å². The van der Waals surface area contributed by atoms with Crippen LogP contribution in [-0.4, -0.2) is 25.5 Å². The summed E-state index contributed by atoms with van der Waals surface area (Å²) in [6.07, 6.45) is 1.53. The van der Waals surface area contributed by atoms with Gasteiger partial charge in [-0.15, -0.1) is 0 Å². The Hall–Kier alpha value is -0.330. The van der Waals surface area contributed by atoms with E-state index in [1.807, 2.05) is 0 Å². The summed E-state index contributed by atoms with van der Waals surface area (Å²) < 4.78 is 28.4. The predicted octanol–water partition coefficient (Wildman–Crippen LogP) is 2.86. The van der Waals surface area contributed by atoms with E-state index in [9.17, 15) is 8.42 Å². The summed E-state index contributed by atoms with van der Waals surface area (Å²) in [4.78, 5) is 0.0891. The van der Waals surface area contributed by atoms with E-state index >= 15 is 0 Å². The molecule has 7 heteroatoms. The summed E-state index contributed by atoms with van der Waals surface area (Å²) in [5.74, 6) is 0. The average Bonchev–Trinajstić information content (AvgIpc) is 2.28. The lowest BCUT2D eigenvalue weighted by molar-refractivity contribution is -0.787. The topological polar surface area (TPSA) is 62.8 Å². The summed E-state index contributed by atoms with van der Waals surface area (Å²) in [5, 5.41) is 2.92. The van der Waals surface area contributed by atoms with Crippen molar-refractivity contribution in [1.29, 1.82) is 0 Å². The van der Waals surface area contributed by atoms with Crippen LogP contribution in [0.4, 0.5) is 0 Å². The van der Waals surface area contributed by atoms with Gasteiger partial charge in [-0.25, -0.2) is 13.1 Å². The van der Waals surface area contributed by atoms with Gasteiger partial charge >= 0.3 is 0 Å². The zero-order valence-corrected chi connectivity index (χ0v) is 16.5. The molecule has 1 fully saturated rings. The number of sulfonamides is 1. The highest BCUT2D eigenvalue weighted by atomic mass is 35.5. The molecule has 1 saturated heterocycles. The van der Waals surface area contributed by atoms with Gasteiger partial charge in [0, 0.05) is 23.9 Å². The molecule has 0 spiro atoms. The molecule has 0 aromatic heterocycles. The van der Waals surface area contributed by atoms with Crippen molar-refractivity contribution in [3.63, 3.8) is 0 Å². The number of piperidine rings is 1. The minimum absolute atomic E-state index is 0.0192. The standard InChI is InChI=1S/C16H24Cl2N2O2S/c1-10-6-14(13(18)7-12(10)17)23(21,22)19-11-8-15(2,3)20-16(4,5)9-11/h6-7,11,19-20H,8-9H2,1-5H3/p+1. The molecule has 1 aromatic rings. The van der Waals surface area contributed by atoms with Crippen LogP contribution >= 0.6 is 23.2 Å². The molecule has 1 aromatic carbocycles. The van der Waals surface area contributed by atoms with Crippen LogP contribution in [0.3, 0.4) is 0 Å². The molecule has 1 aliphatic heterocycles. The second kappa shape index (κ2) is 6.19. The zero-order chi connectivity index (χ0) is 17.6. The van der Waals surface area contributed by atoms with E-state index in [0.717, 1.165) is 12.8 Å². The second-order valence-corrected chi connectivity index (χ2v) is 10.4. The number of rotatable bonds is 3. The van der Waals surface area contributed by atoms with Gasteiger partial charge in [0.25, 0.3) is 0 Å². The lowest BCUT2D eigenvalue weighted by atomic mass is 9.80. The largest absolute Gasteiger partial charge is 0.337 e. The smallest absolute Gasteiger partial charge is 0.242 e. The van der Waals surface area contributed by atoms with Gasteiger partial charge in [0.15, 0.2) is 0 Å². The lowest BCUT2D eigenvalue weighted by Gasteiger charge is -2.43. The van der Waals surface area contributed by atoms with Gasteiger partial charge < -0.3 is 5.32 Å². The van der Waals surface area contributed by atoms with E-state index in [1.165, 1.54) is 12.1 Å². The third-order valence-electron chi connectivity index (χ3n) is 4.15. The first-order valence-electron chi connectivity index (χ1n) is 7.66. The average molecular weight is 380 g/mol. The SMILES string of the molecule is Cc1cc(S(=O)(=O)NC2CC(C)(C)[NH2+]C(C)(C)C2)c(Cl)cc1Cl. The van der Waals surface area contributed by atoms with Crippen LogP contribution < -0.4 is 10.0 Å². The quantitative estimate of drug-likeness (QED) is 0.847. The molecule has 0 radical (unpaired) electrons. The highest BCUT2D eigenvalue weighted by Gasteiger charge is 2.43. The number of aryl methyl sites for hydroxylation is 1. The molecule has 1 aliphatic rings. The summed E-state index contributed by atoms with van der Waals surface area (Å²) in [7, 11) is -3.68. The van der Waals surface area contributed by atoms with Gasteiger partial charge in [0.2, 0.25) is 10.0 Å². The van der Waals surface area contributed by atoms with E-state index < -0.39 is 10.0 Å². The molecular formula is C16H25Cl2N2O2S+. The first-order valence-corrected chi connectivity index (χ1v) is 9.90. The molecular weight excluding hydrogens is 355 g/mol. The molecule has 0 atom stereocenters. The Balaban J connectivity index is 2.30. The van der Waals surface area contributed by atoms with Gasteiger partial charge in [-0.1, -0.05) is 23.2 Å². The molecule has 1 heterocycles. The number of benzene rings is 1. The van der Waals surface area contributed by atoms with Crippen molar-refractivity contribution in [3.8, 4) is 0 Å². The lowest BCUT2D eigenvalue weighted by Crippen LogP contribution is -3.06. The number of hydrogen-bond donors (Lipinski definition) is 2. The Kier molecular flexibility index (Phi) is 5.11. The van der Waals surface area contributed by atoms with Gasteiger partial charge in [-0.05, 0) is 52.3 Å². The van der Waals surface area contributed by atoms with Crippen LogP contribution in [-0.2, 0) is 10.0 Å². The van der Waals surface area contributed by atoms with Crippen molar-refractivity contribution in [2.24, 2.45) is 0 Å². The molecule has 0 aliphatic carbocycles. The van der Waals surface area contributed by atoms with E-state index in [1.54, 1.807) is 6.92 Å². The number of nitrogens with two attached hydrogens (primary N) is 1. The molecule has 0 bridgehead atoms. The molecule has 4 nitrogen and oxygen atoms in total. The number of hydrogen-bond acceptors (Lipinski definition) is 2. The molecule has 2 rings (SSSR count). The fraction of sp³-hybridized carbons (Fsp3) is 0.625. The van der Waals surface area contributed by atoms with Crippen molar-refractivity contribution < 1.29 is 13.7 Å². The Labute approximate surface area is 149 Å². The Bertz CT molecular complexity index is 699. The van der Waals surface area contributed by atoms with Crippen molar-refractivity contribution in [2.45, 2.75) is 69.5 Å². The monoisotopic (exact) mass is 379 g/mol. The molecule has 130 valence electrons. The number of quaternary nitrogens is 1. The number of nitrogens with one attached hydrogen (secondary N) is 1. The highest BCUT2D eigenvalue weighted by Crippen LogP contribution is 2.29. The maximum Gasteiger partial charge on any atom is 0.242 e. The summed E-state index contributed by atoms with van der Waals surface area (Å²) >= 11 is 12.1. The van der Waals surface area contributed by atoms with Crippen molar-refractivity contribution >= 4 is 33.2 Å². The third kappa shape index (κ3) is 4.60. The van der Waals surface area contributed by atoms with E-state index in [-0.39, 0.29) is 27.0 Å². The first kappa shape index (κ1) is 19.0. The summed E-state index contributed by atoms with van der Waals surface area (Å²) in [5.41, 5.74) is 0.651. The van der Waals surface area contributed by atoms with Crippen LogP contribution in [0.15, 0.2) is 17.0 Å². The van der Waals surface area contributed by atoms with E-state index in [2.05, 4.69) is 37.7 Å². The number of halogens is 2. The van der Waals surface area contributed by atoms with Crippen LogP contribution in [0.1, 0.15) is 46.1 Å². The fourth-order valence-electron chi connectivity index (χ4n) is 3.72.